The maximum atomic E-state index is 10.5. The number of halogens is 1. The summed E-state index contributed by atoms with van der Waals surface area (Å²) in [5.41, 5.74) is 6.37. The fourth-order valence-electron chi connectivity index (χ4n) is 1.58. The number of aromatic nitrogens is 3. The fourth-order valence-corrected chi connectivity index (χ4v) is 1.78. The number of carbonyl (C=O) groups is 1. The van der Waals surface area contributed by atoms with E-state index < -0.39 is 6.09 Å². The van der Waals surface area contributed by atoms with E-state index in [1.54, 1.807) is 12.3 Å². The van der Waals surface area contributed by atoms with Crippen LogP contribution in [-0.4, -0.2) is 27.2 Å². The molecule has 0 aliphatic carbocycles. The van der Waals surface area contributed by atoms with Crippen molar-refractivity contribution in [1.82, 2.24) is 14.5 Å². The Morgan fingerprint density at radius 2 is 2.41 bits per heavy atom. The van der Waals surface area contributed by atoms with Gasteiger partial charge in [0.2, 0.25) is 0 Å². The van der Waals surface area contributed by atoms with Gasteiger partial charge in [0.15, 0.2) is 5.65 Å². The van der Waals surface area contributed by atoms with E-state index in [9.17, 15) is 4.79 Å². The van der Waals surface area contributed by atoms with Gasteiger partial charge in [0, 0.05) is 6.20 Å². The summed E-state index contributed by atoms with van der Waals surface area (Å²) in [4.78, 5) is 19.0. The third kappa shape index (κ3) is 2.47. The Bertz CT molecular complexity index is 540. The Morgan fingerprint density at radius 3 is 3.12 bits per heavy atom. The molecule has 0 atom stereocenters. The highest BCUT2D eigenvalue weighted by atomic mass is 35.5. The van der Waals surface area contributed by atoms with E-state index in [2.05, 4.69) is 14.7 Å². The van der Waals surface area contributed by atoms with Gasteiger partial charge in [0.05, 0.1) is 12.4 Å². The van der Waals surface area contributed by atoms with Crippen molar-refractivity contribution in [3.63, 3.8) is 0 Å². The number of carbonyl (C=O) groups excluding carboxylic acids is 1. The van der Waals surface area contributed by atoms with Gasteiger partial charge in [0.1, 0.15) is 17.9 Å². The van der Waals surface area contributed by atoms with Gasteiger partial charge in [0.25, 0.3) is 0 Å². The van der Waals surface area contributed by atoms with E-state index in [0.29, 0.717) is 12.4 Å². The molecule has 7 heteroatoms. The largest absolute Gasteiger partial charge is 0.448 e. The van der Waals surface area contributed by atoms with Crippen LogP contribution in [0.25, 0.3) is 11.2 Å². The number of fused-ring (bicyclic) bond motifs is 1. The molecule has 0 aromatic carbocycles. The lowest BCUT2D eigenvalue weighted by atomic mass is 10.4. The number of primary amides is 1. The van der Waals surface area contributed by atoms with E-state index in [1.807, 2.05) is 10.6 Å². The van der Waals surface area contributed by atoms with Gasteiger partial charge in [-0.15, -0.1) is 11.6 Å². The van der Waals surface area contributed by atoms with Gasteiger partial charge in [-0.1, -0.05) is 0 Å². The van der Waals surface area contributed by atoms with Crippen LogP contribution in [0.1, 0.15) is 5.82 Å². The molecule has 0 radical (unpaired) electrons. The summed E-state index contributed by atoms with van der Waals surface area (Å²) in [6, 6.07) is 3.65. The van der Waals surface area contributed by atoms with Gasteiger partial charge in [-0.25, -0.2) is 14.8 Å². The molecule has 0 saturated carbocycles. The fraction of sp³-hybridized carbons (Fsp3) is 0.300. The van der Waals surface area contributed by atoms with Gasteiger partial charge in [-0.3, -0.25) is 0 Å². The highest BCUT2D eigenvalue weighted by Crippen LogP contribution is 2.14. The highest BCUT2D eigenvalue weighted by molar-refractivity contribution is 6.16. The molecule has 0 bridgehead atoms. The molecule has 2 N–H and O–H groups in total. The minimum absolute atomic E-state index is 0.168. The van der Waals surface area contributed by atoms with Crippen LogP contribution < -0.4 is 5.73 Å². The molecule has 0 unspecified atom stereocenters. The van der Waals surface area contributed by atoms with E-state index >= 15 is 0 Å². The smallest absolute Gasteiger partial charge is 0.404 e. The quantitative estimate of drug-likeness (QED) is 0.833. The van der Waals surface area contributed by atoms with Crippen LogP contribution in [0.5, 0.6) is 0 Å². The van der Waals surface area contributed by atoms with Crippen molar-refractivity contribution in [2.75, 3.05) is 6.61 Å². The number of alkyl halides is 1. The van der Waals surface area contributed by atoms with Crippen LogP contribution in [0.4, 0.5) is 4.79 Å². The number of pyridine rings is 1. The van der Waals surface area contributed by atoms with Crippen LogP contribution in [0.15, 0.2) is 18.3 Å². The molecule has 0 fully saturated rings. The third-order valence-electron chi connectivity index (χ3n) is 2.26. The van der Waals surface area contributed by atoms with Crippen molar-refractivity contribution < 1.29 is 9.53 Å². The van der Waals surface area contributed by atoms with Crippen molar-refractivity contribution >= 4 is 28.9 Å². The molecule has 2 rings (SSSR count). The average Bonchev–Trinajstić information content (AvgIpc) is 2.67. The van der Waals surface area contributed by atoms with Gasteiger partial charge >= 0.3 is 6.09 Å². The molecule has 2 heterocycles. The minimum Gasteiger partial charge on any atom is -0.448 e. The number of imidazole rings is 1. The zero-order valence-electron chi connectivity index (χ0n) is 8.97. The Balaban J connectivity index is 2.27. The Labute approximate surface area is 102 Å². The summed E-state index contributed by atoms with van der Waals surface area (Å²) in [5.74, 6) is 0.959. The molecular weight excluding hydrogens is 244 g/mol. The SMILES string of the molecule is NC(=O)OCCn1c(CCl)nc2cccnc21. The number of nitrogens with zero attached hydrogens (tertiary/aromatic N) is 3. The predicted molar refractivity (Wildman–Crippen MR) is 62.6 cm³/mol. The Morgan fingerprint density at radius 1 is 1.59 bits per heavy atom. The zero-order valence-corrected chi connectivity index (χ0v) is 9.72. The first kappa shape index (κ1) is 11.7. The molecule has 17 heavy (non-hydrogen) atoms. The standard InChI is InChI=1S/C10H11ClN4O2/c11-6-8-14-7-2-1-3-13-9(7)15(8)4-5-17-10(12)16/h1-3H,4-6H2,(H2,12,16). The first-order valence-corrected chi connectivity index (χ1v) is 5.54. The van der Waals surface area contributed by atoms with Gasteiger partial charge in [-0.05, 0) is 12.1 Å². The molecule has 0 aliphatic rings. The van der Waals surface area contributed by atoms with Crippen molar-refractivity contribution in [3.05, 3.63) is 24.2 Å². The summed E-state index contributed by atoms with van der Waals surface area (Å²) < 4.78 is 6.49. The van der Waals surface area contributed by atoms with E-state index in [0.717, 1.165) is 11.2 Å². The second kappa shape index (κ2) is 5.01. The first-order valence-electron chi connectivity index (χ1n) is 5.00. The Kier molecular flexibility index (Phi) is 3.43. The molecule has 90 valence electrons. The Hall–Kier alpha value is -1.82. The van der Waals surface area contributed by atoms with Gasteiger partial charge in [-0.2, -0.15) is 0 Å². The van der Waals surface area contributed by atoms with Crippen LogP contribution in [-0.2, 0) is 17.2 Å². The molecule has 2 aromatic heterocycles. The van der Waals surface area contributed by atoms with Crippen molar-refractivity contribution in [2.24, 2.45) is 5.73 Å². The lowest BCUT2D eigenvalue weighted by Crippen LogP contribution is -2.17. The highest BCUT2D eigenvalue weighted by Gasteiger charge is 2.10. The summed E-state index contributed by atoms with van der Waals surface area (Å²) >= 11 is 5.80. The second-order valence-electron chi connectivity index (χ2n) is 3.33. The summed E-state index contributed by atoms with van der Waals surface area (Å²) in [7, 11) is 0. The van der Waals surface area contributed by atoms with Crippen LogP contribution in [0.3, 0.4) is 0 Å². The van der Waals surface area contributed by atoms with Crippen molar-refractivity contribution in [1.29, 1.82) is 0 Å². The van der Waals surface area contributed by atoms with Crippen molar-refractivity contribution in [3.8, 4) is 0 Å². The normalized spacial score (nSPS) is 10.6. The average molecular weight is 255 g/mol. The molecule has 6 nitrogen and oxygen atoms in total. The number of rotatable bonds is 4. The van der Waals surface area contributed by atoms with Crippen LogP contribution in [0.2, 0.25) is 0 Å². The van der Waals surface area contributed by atoms with Crippen molar-refractivity contribution in [2.45, 2.75) is 12.4 Å². The maximum Gasteiger partial charge on any atom is 0.404 e. The molecule has 0 spiro atoms. The zero-order chi connectivity index (χ0) is 12.3. The lowest BCUT2D eigenvalue weighted by molar-refractivity contribution is 0.152. The molecular formula is C10H11ClN4O2. The van der Waals surface area contributed by atoms with E-state index in [4.69, 9.17) is 17.3 Å². The summed E-state index contributed by atoms with van der Waals surface area (Å²) in [6.45, 7) is 0.597. The second-order valence-corrected chi connectivity index (χ2v) is 3.59. The third-order valence-corrected chi connectivity index (χ3v) is 2.50. The lowest BCUT2D eigenvalue weighted by Gasteiger charge is -2.06. The minimum atomic E-state index is -0.796. The van der Waals surface area contributed by atoms with Gasteiger partial charge < -0.3 is 15.0 Å². The molecule has 1 amide bonds. The molecule has 0 aliphatic heterocycles. The number of hydrogen-bond donors (Lipinski definition) is 1. The van der Waals surface area contributed by atoms with E-state index in [1.165, 1.54) is 0 Å². The number of hydrogen-bond acceptors (Lipinski definition) is 4. The summed E-state index contributed by atoms with van der Waals surface area (Å²) in [5, 5.41) is 0. The van der Waals surface area contributed by atoms with Crippen LogP contribution >= 0.6 is 11.6 Å². The molecule has 0 saturated heterocycles. The van der Waals surface area contributed by atoms with Crippen LogP contribution in [0, 0.1) is 0 Å². The predicted octanol–water partition coefficient (Wildman–Crippen LogP) is 1.27. The maximum absolute atomic E-state index is 10.5. The molecule has 2 aromatic rings. The first-order chi connectivity index (χ1) is 8.22. The number of nitrogens with two attached hydrogens (primary N) is 1. The number of ether oxygens (including phenoxy) is 1. The number of amides is 1. The van der Waals surface area contributed by atoms with E-state index in [-0.39, 0.29) is 12.5 Å². The monoisotopic (exact) mass is 254 g/mol. The summed E-state index contributed by atoms with van der Waals surface area (Å²) in [6.07, 6.45) is 0.878. The topological polar surface area (TPSA) is 83.0 Å².